The second kappa shape index (κ2) is 11.7. The summed E-state index contributed by atoms with van der Waals surface area (Å²) in [6.07, 6.45) is 0.785. The van der Waals surface area contributed by atoms with Crippen LogP contribution in [0.2, 0.25) is 0 Å². The van der Waals surface area contributed by atoms with E-state index < -0.39 is 11.9 Å². The van der Waals surface area contributed by atoms with Crippen LogP contribution in [0.4, 0.5) is 5.69 Å². The summed E-state index contributed by atoms with van der Waals surface area (Å²) in [4.78, 5) is 35.8. The Morgan fingerprint density at radius 3 is 2.51 bits per heavy atom. The van der Waals surface area contributed by atoms with Gasteiger partial charge in [0, 0.05) is 42.2 Å². The molecular weight excluding hydrogens is 500 g/mol. The van der Waals surface area contributed by atoms with E-state index in [1.54, 1.807) is 30.3 Å². The number of carbonyl (C=O) groups excluding carboxylic acids is 1. The molecule has 0 spiro atoms. The van der Waals surface area contributed by atoms with Gasteiger partial charge in [-0.25, -0.2) is 4.79 Å². The predicted molar refractivity (Wildman–Crippen MR) is 147 cm³/mol. The number of aliphatic carboxylic acids is 1. The molecule has 3 aromatic rings. The third-order valence-electron chi connectivity index (χ3n) is 6.78. The minimum atomic E-state index is -1.13. The number of methoxy groups -OCH3 is 1. The number of anilines is 1. The predicted octanol–water partition coefficient (Wildman–Crippen LogP) is 3.69. The molecule has 4 rings (SSSR count). The number of nitrogens with two attached hydrogens (primary N) is 1. The highest BCUT2D eigenvalue weighted by Gasteiger charge is 2.26. The fourth-order valence-corrected chi connectivity index (χ4v) is 4.77. The lowest BCUT2D eigenvalue weighted by Crippen LogP contribution is -2.25. The van der Waals surface area contributed by atoms with Crippen LogP contribution in [0.3, 0.4) is 0 Å². The Hall–Kier alpha value is -4.86. The number of hydrogen-bond acceptors (Lipinski definition) is 6. The van der Waals surface area contributed by atoms with Crippen molar-refractivity contribution in [3.63, 3.8) is 0 Å². The molecule has 0 radical (unpaired) electrons. The van der Waals surface area contributed by atoms with Gasteiger partial charge in [-0.3, -0.25) is 15.0 Å². The highest BCUT2D eigenvalue weighted by molar-refractivity contribution is 6.00. The maximum Gasteiger partial charge on any atom is 0.336 e. The number of amides is 1. The number of nitrogens with one attached hydrogen (secondary N) is 3. The standard InChI is InChI=1S/C29H30N4O6/c1-39-20-7-8-21(24(14-20)29(37)38)22-13-18(28(36)32-10-2-3-26(34)35)5-4-16(22)11-19-15-33-25-9-6-17(27(30)31)12-23(19)25/h4-9,12-14,19,33H,2-3,10-11,15H2,1H3,(H3,30,31)(H,32,36)(H,34,35)(H,37,38). The number of rotatable bonds is 11. The molecule has 3 aromatic carbocycles. The van der Waals surface area contributed by atoms with Gasteiger partial charge >= 0.3 is 11.9 Å². The van der Waals surface area contributed by atoms with Crippen LogP contribution in [-0.4, -0.2) is 54.1 Å². The molecule has 1 aliphatic heterocycles. The van der Waals surface area contributed by atoms with Crippen molar-refractivity contribution in [3.05, 3.63) is 82.4 Å². The second-order valence-electron chi connectivity index (χ2n) is 9.34. The molecule has 0 aliphatic carbocycles. The molecule has 10 heteroatoms. The van der Waals surface area contributed by atoms with Gasteiger partial charge in [-0.15, -0.1) is 0 Å². The summed E-state index contributed by atoms with van der Waals surface area (Å²) in [5.41, 5.74) is 10.6. The minimum Gasteiger partial charge on any atom is -0.497 e. The Labute approximate surface area is 225 Å². The molecule has 7 N–H and O–H groups in total. The molecule has 202 valence electrons. The van der Waals surface area contributed by atoms with Crippen LogP contribution in [0.25, 0.3) is 11.1 Å². The van der Waals surface area contributed by atoms with Crippen LogP contribution in [-0.2, 0) is 11.2 Å². The van der Waals surface area contributed by atoms with Crippen LogP contribution in [0.5, 0.6) is 5.75 Å². The van der Waals surface area contributed by atoms with E-state index >= 15 is 0 Å². The van der Waals surface area contributed by atoms with E-state index in [4.69, 9.17) is 21.0 Å². The first-order valence-corrected chi connectivity index (χ1v) is 12.4. The smallest absolute Gasteiger partial charge is 0.336 e. The lowest BCUT2D eigenvalue weighted by molar-refractivity contribution is -0.137. The Kier molecular flexibility index (Phi) is 8.14. The molecule has 10 nitrogen and oxygen atoms in total. The van der Waals surface area contributed by atoms with Crippen LogP contribution < -0.4 is 21.1 Å². The van der Waals surface area contributed by atoms with E-state index in [0.29, 0.717) is 47.4 Å². The molecule has 0 saturated carbocycles. The maximum atomic E-state index is 12.9. The highest BCUT2D eigenvalue weighted by Crippen LogP contribution is 2.38. The van der Waals surface area contributed by atoms with Gasteiger partial charge in [-0.2, -0.15) is 0 Å². The number of ether oxygens (including phenoxy) is 1. The molecule has 0 aromatic heterocycles. The third kappa shape index (κ3) is 6.18. The number of carbonyl (C=O) groups is 3. The largest absolute Gasteiger partial charge is 0.497 e. The van der Waals surface area contributed by atoms with Crippen LogP contribution in [0.15, 0.2) is 54.6 Å². The van der Waals surface area contributed by atoms with E-state index in [0.717, 1.165) is 16.8 Å². The first-order chi connectivity index (χ1) is 18.7. The molecule has 1 amide bonds. The first kappa shape index (κ1) is 27.2. The summed E-state index contributed by atoms with van der Waals surface area (Å²) in [6, 6.07) is 15.6. The molecule has 1 aliphatic rings. The monoisotopic (exact) mass is 530 g/mol. The second-order valence-corrected chi connectivity index (χ2v) is 9.34. The Morgan fingerprint density at radius 1 is 1.05 bits per heavy atom. The minimum absolute atomic E-state index is 0.0211. The average molecular weight is 531 g/mol. The van der Waals surface area contributed by atoms with Crippen LogP contribution in [0, 0.1) is 5.41 Å². The molecule has 1 atom stereocenters. The lowest BCUT2D eigenvalue weighted by atomic mass is 9.86. The van der Waals surface area contributed by atoms with Crippen molar-refractivity contribution in [3.8, 4) is 16.9 Å². The lowest BCUT2D eigenvalue weighted by Gasteiger charge is -2.18. The summed E-state index contributed by atoms with van der Waals surface area (Å²) >= 11 is 0. The number of benzene rings is 3. The van der Waals surface area contributed by atoms with Crippen molar-refractivity contribution in [1.82, 2.24) is 5.32 Å². The number of fused-ring (bicyclic) bond motifs is 1. The quantitative estimate of drug-likeness (QED) is 0.124. The fourth-order valence-electron chi connectivity index (χ4n) is 4.77. The maximum absolute atomic E-state index is 12.9. The van der Waals surface area contributed by atoms with Gasteiger partial charge in [0.05, 0.1) is 12.7 Å². The fraction of sp³-hybridized carbons (Fsp3) is 0.241. The SMILES string of the molecule is COc1ccc(-c2cc(C(=O)NCCCC(=O)O)ccc2CC2CNc3ccc(C(=N)N)cc32)c(C(=O)O)c1. The molecular formula is C29H30N4O6. The molecule has 1 unspecified atom stereocenters. The third-order valence-corrected chi connectivity index (χ3v) is 6.78. The topological polar surface area (TPSA) is 175 Å². The van der Waals surface area contributed by atoms with Crippen molar-refractivity contribution >= 4 is 29.4 Å². The Morgan fingerprint density at radius 2 is 1.82 bits per heavy atom. The van der Waals surface area contributed by atoms with E-state index in [2.05, 4.69) is 10.6 Å². The molecule has 0 bridgehead atoms. The van der Waals surface area contributed by atoms with Gasteiger partial charge in [-0.1, -0.05) is 6.07 Å². The normalized spacial score (nSPS) is 13.7. The van der Waals surface area contributed by atoms with Crippen molar-refractivity contribution < 1.29 is 29.3 Å². The van der Waals surface area contributed by atoms with E-state index in [-0.39, 0.29) is 36.2 Å². The zero-order valence-corrected chi connectivity index (χ0v) is 21.4. The number of nitrogen functional groups attached to an aromatic ring is 1. The molecule has 1 heterocycles. The van der Waals surface area contributed by atoms with Crippen molar-refractivity contribution in [1.29, 1.82) is 5.41 Å². The van der Waals surface area contributed by atoms with Crippen molar-refractivity contribution in [2.24, 2.45) is 5.73 Å². The van der Waals surface area contributed by atoms with Crippen LogP contribution in [0.1, 0.15) is 56.2 Å². The molecule has 0 saturated heterocycles. The number of hydrogen-bond donors (Lipinski definition) is 6. The van der Waals surface area contributed by atoms with Crippen molar-refractivity contribution in [2.75, 3.05) is 25.5 Å². The van der Waals surface area contributed by atoms with E-state index in [1.165, 1.54) is 13.2 Å². The summed E-state index contributed by atoms with van der Waals surface area (Å²) < 4.78 is 5.23. The van der Waals surface area contributed by atoms with Gasteiger partial charge in [0.2, 0.25) is 0 Å². The number of amidine groups is 1. The van der Waals surface area contributed by atoms with Gasteiger partial charge in [0.1, 0.15) is 11.6 Å². The zero-order chi connectivity index (χ0) is 28.1. The average Bonchev–Trinajstić information content (AvgIpc) is 3.32. The van der Waals surface area contributed by atoms with Crippen molar-refractivity contribution in [2.45, 2.75) is 25.2 Å². The summed E-state index contributed by atoms with van der Waals surface area (Å²) in [5.74, 6) is -2.03. The van der Waals surface area contributed by atoms with Gasteiger partial charge in [0.15, 0.2) is 0 Å². The summed E-state index contributed by atoms with van der Waals surface area (Å²) in [6.45, 7) is 0.852. The Balaban J connectivity index is 1.73. The Bertz CT molecular complexity index is 1450. The van der Waals surface area contributed by atoms with Gasteiger partial charge in [-0.05, 0) is 83.6 Å². The number of aromatic carboxylic acids is 1. The van der Waals surface area contributed by atoms with Gasteiger partial charge < -0.3 is 31.3 Å². The summed E-state index contributed by atoms with van der Waals surface area (Å²) in [7, 11) is 1.46. The van der Waals surface area contributed by atoms with E-state index in [1.807, 2.05) is 18.2 Å². The molecule has 39 heavy (non-hydrogen) atoms. The van der Waals surface area contributed by atoms with Crippen LogP contribution >= 0.6 is 0 Å². The number of carboxylic acid groups (broad SMARTS) is 2. The molecule has 0 fully saturated rings. The summed E-state index contributed by atoms with van der Waals surface area (Å²) in [5, 5.41) is 32.7. The zero-order valence-electron chi connectivity index (χ0n) is 21.4. The number of carboxylic acids is 2. The first-order valence-electron chi connectivity index (χ1n) is 12.4. The van der Waals surface area contributed by atoms with E-state index in [9.17, 15) is 19.5 Å². The van der Waals surface area contributed by atoms with Gasteiger partial charge in [0.25, 0.3) is 5.91 Å². The highest BCUT2D eigenvalue weighted by atomic mass is 16.5.